The number of aryl methyl sites for hydroxylation is 1. The molecule has 0 bridgehead atoms. The highest BCUT2D eigenvalue weighted by Crippen LogP contribution is 2.19. The number of thiazole rings is 1. The molecular formula is C19H30IN7S. The van der Waals surface area contributed by atoms with E-state index in [-0.39, 0.29) is 24.0 Å². The summed E-state index contributed by atoms with van der Waals surface area (Å²) in [5, 5.41) is 10.0. The number of nitrogens with one attached hydrogen (secondary N) is 2. The molecule has 28 heavy (non-hydrogen) atoms. The summed E-state index contributed by atoms with van der Waals surface area (Å²) in [6, 6.07) is 4.66. The van der Waals surface area contributed by atoms with Gasteiger partial charge in [-0.25, -0.2) is 9.97 Å². The van der Waals surface area contributed by atoms with Gasteiger partial charge < -0.3 is 20.4 Å². The molecule has 154 valence electrons. The van der Waals surface area contributed by atoms with Crippen molar-refractivity contribution in [3.63, 3.8) is 0 Å². The number of anilines is 2. The molecule has 0 unspecified atom stereocenters. The lowest BCUT2D eigenvalue weighted by Crippen LogP contribution is -2.48. The first-order valence-electron chi connectivity index (χ1n) is 9.31. The van der Waals surface area contributed by atoms with E-state index in [9.17, 15) is 0 Å². The Kier molecular flexibility index (Phi) is 8.74. The Morgan fingerprint density at radius 1 is 1.32 bits per heavy atom. The third-order valence-electron chi connectivity index (χ3n) is 4.64. The van der Waals surface area contributed by atoms with Gasteiger partial charge in [0.25, 0.3) is 0 Å². The number of rotatable bonds is 5. The molecular weight excluding hydrogens is 485 g/mol. The Balaban J connectivity index is 0.00000280. The molecule has 1 aliphatic heterocycles. The van der Waals surface area contributed by atoms with Gasteiger partial charge in [-0.2, -0.15) is 0 Å². The lowest BCUT2D eigenvalue weighted by molar-refractivity contribution is 0.459. The van der Waals surface area contributed by atoms with Crippen molar-refractivity contribution in [2.45, 2.75) is 32.4 Å². The van der Waals surface area contributed by atoms with Crippen molar-refractivity contribution < 1.29 is 0 Å². The summed E-state index contributed by atoms with van der Waals surface area (Å²) >= 11 is 1.65. The van der Waals surface area contributed by atoms with Crippen LogP contribution in [-0.2, 0) is 6.54 Å². The van der Waals surface area contributed by atoms with E-state index in [1.54, 1.807) is 11.3 Å². The van der Waals surface area contributed by atoms with Crippen molar-refractivity contribution >= 4 is 52.2 Å². The minimum absolute atomic E-state index is 0. The number of aliphatic imine (C=N–C) groups is 1. The maximum absolute atomic E-state index is 4.60. The second-order valence-corrected chi connectivity index (χ2v) is 7.88. The summed E-state index contributed by atoms with van der Waals surface area (Å²) in [5.41, 5.74) is 2.23. The molecule has 0 saturated carbocycles. The first kappa shape index (κ1) is 22.7. The lowest BCUT2D eigenvalue weighted by atomic mass is 10.1. The second kappa shape index (κ2) is 10.8. The fraction of sp³-hybridized carbons (Fsp3) is 0.526. The van der Waals surface area contributed by atoms with Crippen molar-refractivity contribution in [2.24, 2.45) is 4.99 Å². The number of halogens is 1. The van der Waals surface area contributed by atoms with Crippen LogP contribution in [0.5, 0.6) is 0 Å². The molecule has 1 saturated heterocycles. The minimum atomic E-state index is 0. The first-order valence-corrected chi connectivity index (χ1v) is 10.2. The van der Waals surface area contributed by atoms with Gasteiger partial charge in [0, 0.05) is 51.9 Å². The summed E-state index contributed by atoms with van der Waals surface area (Å²) in [5.74, 6) is 1.91. The zero-order valence-corrected chi connectivity index (χ0v) is 20.1. The number of piperidine rings is 1. The predicted molar refractivity (Wildman–Crippen MR) is 129 cm³/mol. The largest absolute Gasteiger partial charge is 0.356 e. The van der Waals surface area contributed by atoms with Crippen LogP contribution in [0.2, 0.25) is 0 Å². The maximum atomic E-state index is 4.60. The van der Waals surface area contributed by atoms with Crippen molar-refractivity contribution in [3.8, 4) is 0 Å². The Bertz CT molecular complexity index is 752. The SMILES string of the molecule is CN=C(NCc1csc(N(C)C)n1)NC1CCN(c2ccc(C)cn2)CC1.I. The Morgan fingerprint density at radius 3 is 2.64 bits per heavy atom. The maximum Gasteiger partial charge on any atom is 0.191 e. The van der Waals surface area contributed by atoms with E-state index in [2.05, 4.69) is 54.9 Å². The van der Waals surface area contributed by atoms with E-state index in [1.807, 2.05) is 32.2 Å². The zero-order chi connectivity index (χ0) is 19.2. The summed E-state index contributed by atoms with van der Waals surface area (Å²) in [4.78, 5) is 17.9. The van der Waals surface area contributed by atoms with Gasteiger partial charge in [-0.3, -0.25) is 4.99 Å². The van der Waals surface area contributed by atoms with Gasteiger partial charge in [-0.05, 0) is 31.4 Å². The standard InChI is InChI=1S/C19H29N7S.HI/c1-14-5-6-17(21-11-14)26-9-7-15(8-10-26)23-18(20-2)22-12-16-13-27-19(24-16)25(3)4;/h5-6,11,13,15H,7-10,12H2,1-4H3,(H2,20,22,23);1H. The molecule has 1 aliphatic rings. The topological polar surface area (TPSA) is 68.7 Å². The highest BCUT2D eigenvalue weighted by Gasteiger charge is 2.20. The van der Waals surface area contributed by atoms with E-state index in [0.717, 1.165) is 48.5 Å². The zero-order valence-electron chi connectivity index (χ0n) is 17.0. The van der Waals surface area contributed by atoms with Crippen LogP contribution in [-0.4, -0.2) is 56.2 Å². The van der Waals surface area contributed by atoms with E-state index in [4.69, 9.17) is 0 Å². The third kappa shape index (κ3) is 6.20. The van der Waals surface area contributed by atoms with Crippen LogP contribution >= 0.6 is 35.3 Å². The molecule has 9 heteroatoms. The van der Waals surface area contributed by atoms with Gasteiger partial charge in [-0.1, -0.05) is 6.07 Å². The summed E-state index contributed by atoms with van der Waals surface area (Å²) in [6.45, 7) is 4.75. The molecule has 0 amide bonds. The first-order chi connectivity index (χ1) is 13.0. The van der Waals surface area contributed by atoms with Crippen molar-refractivity contribution in [3.05, 3.63) is 35.0 Å². The van der Waals surface area contributed by atoms with Crippen LogP contribution in [0.3, 0.4) is 0 Å². The van der Waals surface area contributed by atoms with E-state index in [1.165, 1.54) is 5.56 Å². The molecule has 2 aromatic heterocycles. The van der Waals surface area contributed by atoms with Crippen molar-refractivity contribution in [2.75, 3.05) is 44.0 Å². The van der Waals surface area contributed by atoms with Crippen LogP contribution in [0.25, 0.3) is 0 Å². The molecule has 0 spiro atoms. The number of guanidine groups is 1. The van der Waals surface area contributed by atoms with E-state index >= 15 is 0 Å². The highest BCUT2D eigenvalue weighted by molar-refractivity contribution is 14.0. The number of pyridine rings is 1. The number of aromatic nitrogens is 2. The summed E-state index contributed by atoms with van der Waals surface area (Å²) in [7, 11) is 5.83. The smallest absolute Gasteiger partial charge is 0.191 e. The molecule has 7 nitrogen and oxygen atoms in total. The van der Waals surface area contributed by atoms with Crippen LogP contribution in [0, 0.1) is 6.92 Å². The lowest BCUT2D eigenvalue weighted by Gasteiger charge is -2.33. The van der Waals surface area contributed by atoms with Crippen LogP contribution < -0.4 is 20.4 Å². The fourth-order valence-corrected chi connectivity index (χ4v) is 3.80. The van der Waals surface area contributed by atoms with Gasteiger partial charge in [-0.15, -0.1) is 35.3 Å². The molecule has 3 rings (SSSR count). The van der Waals surface area contributed by atoms with Crippen molar-refractivity contribution in [1.29, 1.82) is 0 Å². The summed E-state index contributed by atoms with van der Waals surface area (Å²) in [6.07, 6.45) is 4.07. The van der Waals surface area contributed by atoms with Gasteiger partial charge in [0.2, 0.25) is 0 Å². The highest BCUT2D eigenvalue weighted by atomic mass is 127. The Hall–Kier alpha value is -1.62. The van der Waals surface area contributed by atoms with Crippen molar-refractivity contribution in [1.82, 2.24) is 20.6 Å². The number of hydrogen-bond acceptors (Lipinski definition) is 6. The van der Waals surface area contributed by atoms with Crippen LogP contribution in [0.1, 0.15) is 24.1 Å². The van der Waals surface area contributed by atoms with Gasteiger partial charge >= 0.3 is 0 Å². The predicted octanol–water partition coefficient (Wildman–Crippen LogP) is 2.86. The molecule has 0 aliphatic carbocycles. The molecule has 2 aromatic rings. The number of hydrogen-bond donors (Lipinski definition) is 2. The van der Waals surface area contributed by atoms with Crippen LogP contribution in [0.15, 0.2) is 28.7 Å². The quantitative estimate of drug-likeness (QED) is 0.363. The molecule has 0 aromatic carbocycles. The second-order valence-electron chi connectivity index (χ2n) is 7.04. The monoisotopic (exact) mass is 515 g/mol. The molecule has 0 atom stereocenters. The van der Waals surface area contributed by atoms with E-state index in [0.29, 0.717) is 12.6 Å². The van der Waals surface area contributed by atoms with Gasteiger partial charge in [0.05, 0.1) is 12.2 Å². The molecule has 2 N–H and O–H groups in total. The molecule has 0 radical (unpaired) electrons. The normalized spacial score (nSPS) is 15.1. The third-order valence-corrected chi connectivity index (χ3v) is 5.70. The molecule has 1 fully saturated rings. The van der Waals surface area contributed by atoms with Gasteiger partial charge in [0.15, 0.2) is 11.1 Å². The average molecular weight is 515 g/mol. The Labute approximate surface area is 188 Å². The van der Waals surface area contributed by atoms with E-state index < -0.39 is 0 Å². The fourth-order valence-electron chi connectivity index (χ4n) is 3.05. The average Bonchev–Trinajstić information content (AvgIpc) is 3.16. The van der Waals surface area contributed by atoms with Crippen LogP contribution in [0.4, 0.5) is 10.9 Å². The van der Waals surface area contributed by atoms with Gasteiger partial charge in [0.1, 0.15) is 5.82 Å². The summed E-state index contributed by atoms with van der Waals surface area (Å²) < 4.78 is 0. The molecule has 3 heterocycles. The number of nitrogens with zero attached hydrogens (tertiary/aromatic N) is 5. The Morgan fingerprint density at radius 2 is 2.07 bits per heavy atom. The minimum Gasteiger partial charge on any atom is -0.356 e.